The highest BCUT2D eigenvalue weighted by Crippen LogP contribution is 2.15. The number of hydrogen-bond donors (Lipinski definition) is 1. The van der Waals surface area contributed by atoms with Crippen molar-refractivity contribution < 1.29 is 4.79 Å². The summed E-state index contributed by atoms with van der Waals surface area (Å²) in [5.74, 6) is 2.49. The minimum atomic E-state index is -0.0275. The third-order valence-corrected chi connectivity index (χ3v) is 2.89. The number of carbonyl (C=O) groups excluding carboxylic acids is 1. The van der Waals surface area contributed by atoms with Crippen LogP contribution in [0, 0.1) is 19.3 Å². The van der Waals surface area contributed by atoms with Crippen LogP contribution in [-0.2, 0) is 0 Å². The van der Waals surface area contributed by atoms with Gasteiger partial charge in [-0.05, 0) is 30.9 Å². The first-order chi connectivity index (χ1) is 6.65. The first kappa shape index (κ1) is 10.8. The monoisotopic (exact) mass is 207 g/mol. The summed E-state index contributed by atoms with van der Waals surface area (Å²) in [5.41, 5.74) is 1.01. The second-order valence-electron chi connectivity index (χ2n) is 3.22. The van der Waals surface area contributed by atoms with Crippen LogP contribution in [0.15, 0.2) is 11.4 Å². The molecule has 1 atom stereocenters. The van der Waals surface area contributed by atoms with Gasteiger partial charge in [0.15, 0.2) is 0 Å². The van der Waals surface area contributed by atoms with E-state index >= 15 is 0 Å². The smallest absolute Gasteiger partial charge is 0.261 e. The normalized spacial score (nSPS) is 11.8. The Hall–Kier alpha value is -1.27. The molecule has 2 nitrogen and oxygen atoms in total. The van der Waals surface area contributed by atoms with Crippen molar-refractivity contribution in [2.75, 3.05) is 0 Å². The van der Waals surface area contributed by atoms with Crippen LogP contribution >= 0.6 is 11.3 Å². The molecule has 0 radical (unpaired) electrons. The maximum Gasteiger partial charge on any atom is 0.261 e. The fraction of sp³-hybridized carbons (Fsp3) is 0.364. The number of hydrogen-bond acceptors (Lipinski definition) is 2. The van der Waals surface area contributed by atoms with Crippen LogP contribution in [0.5, 0.6) is 0 Å². The van der Waals surface area contributed by atoms with Crippen molar-refractivity contribution >= 4 is 17.2 Å². The molecule has 1 heterocycles. The third kappa shape index (κ3) is 2.61. The van der Waals surface area contributed by atoms with E-state index in [-0.39, 0.29) is 11.9 Å². The lowest BCUT2D eigenvalue weighted by molar-refractivity contribution is 0.0944. The highest BCUT2D eigenvalue weighted by atomic mass is 32.1. The van der Waals surface area contributed by atoms with Gasteiger partial charge in [0.05, 0.1) is 4.88 Å². The molecule has 74 valence electrons. The number of amides is 1. The lowest BCUT2D eigenvalue weighted by atomic mass is 10.2. The zero-order chi connectivity index (χ0) is 10.6. The van der Waals surface area contributed by atoms with E-state index in [1.54, 1.807) is 0 Å². The fourth-order valence-electron chi connectivity index (χ4n) is 1.12. The zero-order valence-electron chi connectivity index (χ0n) is 8.33. The van der Waals surface area contributed by atoms with Gasteiger partial charge >= 0.3 is 0 Å². The number of rotatable bonds is 3. The highest BCUT2D eigenvalue weighted by molar-refractivity contribution is 7.12. The number of aryl methyl sites for hydroxylation is 1. The Morgan fingerprint density at radius 1 is 1.79 bits per heavy atom. The lowest BCUT2D eigenvalue weighted by Crippen LogP contribution is -2.31. The third-order valence-electron chi connectivity index (χ3n) is 1.87. The molecule has 1 aromatic rings. The van der Waals surface area contributed by atoms with E-state index in [9.17, 15) is 4.79 Å². The van der Waals surface area contributed by atoms with Crippen LogP contribution in [-0.4, -0.2) is 11.9 Å². The minimum absolute atomic E-state index is 0.0275. The number of thiophene rings is 1. The molecule has 0 saturated carbocycles. The summed E-state index contributed by atoms with van der Waals surface area (Å²) < 4.78 is 0. The molecule has 1 rings (SSSR count). The number of carbonyl (C=O) groups is 1. The summed E-state index contributed by atoms with van der Waals surface area (Å²) in [6, 6.07) is 1.97. The molecule has 1 N–H and O–H groups in total. The Morgan fingerprint density at radius 2 is 2.50 bits per heavy atom. The average Bonchev–Trinajstić information content (AvgIpc) is 2.51. The van der Waals surface area contributed by atoms with E-state index in [2.05, 4.69) is 11.2 Å². The SMILES string of the molecule is C#CCC(C)NC(=O)c1sccc1C. The molecule has 3 heteroatoms. The van der Waals surface area contributed by atoms with Gasteiger partial charge in [-0.2, -0.15) is 0 Å². The molecule has 0 aliphatic carbocycles. The summed E-state index contributed by atoms with van der Waals surface area (Å²) in [7, 11) is 0. The van der Waals surface area contributed by atoms with Crippen LogP contribution in [0.3, 0.4) is 0 Å². The van der Waals surface area contributed by atoms with E-state index < -0.39 is 0 Å². The van der Waals surface area contributed by atoms with Gasteiger partial charge in [0.2, 0.25) is 0 Å². The fourth-order valence-corrected chi connectivity index (χ4v) is 1.95. The minimum Gasteiger partial charge on any atom is -0.348 e. The topological polar surface area (TPSA) is 29.1 Å². The summed E-state index contributed by atoms with van der Waals surface area (Å²) in [5, 5.41) is 4.77. The Morgan fingerprint density at radius 3 is 3.00 bits per heavy atom. The van der Waals surface area contributed by atoms with Crippen molar-refractivity contribution in [3.63, 3.8) is 0 Å². The van der Waals surface area contributed by atoms with E-state index in [0.29, 0.717) is 6.42 Å². The first-order valence-corrected chi connectivity index (χ1v) is 5.31. The van der Waals surface area contributed by atoms with Gasteiger partial charge < -0.3 is 5.32 Å². The Labute approximate surface area is 88.3 Å². The van der Waals surface area contributed by atoms with Crippen molar-refractivity contribution in [1.82, 2.24) is 5.32 Å². The summed E-state index contributed by atoms with van der Waals surface area (Å²) in [4.78, 5) is 12.4. The maximum absolute atomic E-state index is 11.6. The van der Waals surface area contributed by atoms with Gasteiger partial charge in [-0.15, -0.1) is 23.7 Å². The van der Waals surface area contributed by atoms with Crippen LogP contribution in [0.4, 0.5) is 0 Å². The van der Waals surface area contributed by atoms with Crippen molar-refractivity contribution in [3.05, 3.63) is 21.9 Å². The molecule has 0 saturated heterocycles. The van der Waals surface area contributed by atoms with Gasteiger partial charge in [0.25, 0.3) is 5.91 Å². The molecule has 0 bridgehead atoms. The van der Waals surface area contributed by atoms with Crippen molar-refractivity contribution in [3.8, 4) is 12.3 Å². The van der Waals surface area contributed by atoms with Gasteiger partial charge in [0.1, 0.15) is 0 Å². The largest absolute Gasteiger partial charge is 0.348 e. The molecule has 0 aliphatic rings. The highest BCUT2D eigenvalue weighted by Gasteiger charge is 2.12. The van der Waals surface area contributed by atoms with Gasteiger partial charge in [-0.25, -0.2) is 0 Å². The first-order valence-electron chi connectivity index (χ1n) is 4.43. The predicted octanol–water partition coefficient (Wildman–Crippen LogP) is 2.20. The predicted molar refractivity (Wildman–Crippen MR) is 59.4 cm³/mol. The number of nitrogens with one attached hydrogen (secondary N) is 1. The summed E-state index contributed by atoms with van der Waals surface area (Å²) in [6.45, 7) is 3.83. The molecule has 1 amide bonds. The molecule has 0 spiro atoms. The number of terminal acetylenes is 1. The van der Waals surface area contributed by atoms with Crippen molar-refractivity contribution in [2.24, 2.45) is 0 Å². The molecular weight excluding hydrogens is 194 g/mol. The second kappa shape index (κ2) is 4.83. The molecule has 0 aromatic carbocycles. The molecule has 0 fully saturated rings. The quantitative estimate of drug-likeness (QED) is 0.756. The molecular formula is C11H13NOS. The van der Waals surface area contributed by atoms with Crippen LogP contribution < -0.4 is 5.32 Å². The lowest BCUT2D eigenvalue weighted by Gasteiger charge is -2.09. The Balaban J connectivity index is 2.60. The Bertz CT molecular complexity index is 362. The van der Waals surface area contributed by atoms with E-state index in [4.69, 9.17) is 6.42 Å². The van der Waals surface area contributed by atoms with Crippen LogP contribution in [0.25, 0.3) is 0 Å². The standard InChI is InChI=1S/C11H13NOS/c1-4-5-9(3)12-11(13)10-8(2)6-7-14-10/h1,6-7,9H,5H2,2-3H3,(H,12,13). The van der Waals surface area contributed by atoms with Crippen LogP contribution in [0.1, 0.15) is 28.6 Å². The molecule has 14 heavy (non-hydrogen) atoms. The van der Waals surface area contributed by atoms with E-state index in [1.165, 1.54) is 11.3 Å². The van der Waals surface area contributed by atoms with E-state index in [0.717, 1.165) is 10.4 Å². The summed E-state index contributed by atoms with van der Waals surface area (Å²) in [6.07, 6.45) is 5.72. The van der Waals surface area contributed by atoms with Gasteiger partial charge in [-0.1, -0.05) is 0 Å². The maximum atomic E-state index is 11.6. The average molecular weight is 207 g/mol. The van der Waals surface area contributed by atoms with Crippen molar-refractivity contribution in [1.29, 1.82) is 0 Å². The molecule has 1 aromatic heterocycles. The zero-order valence-corrected chi connectivity index (χ0v) is 9.15. The Kier molecular flexibility index (Phi) is 3.73. The molecule has 0 aliphatic heterocycles. The van der Waals surface area contributed by atoms with Gasteiger partial charge in [0, 0.05) is 12.5 Å². The van der Waals surface area contributed by atoms with Crippen molar-refractivity contribution in [2.45, 2.75) is 26.3 Å². The van der Waals surface area contributed by atoms with Crippen LogP contribution in [0.2, 0.25) is 0 Å². The van der Waals surface area contributed by atoms with Gasteiger partial charge in [-0.3, -0.25) is 4.79 Å². The summed E-state index contributed by atoms with van der Waals surface area (Å²) >= 11 is 1.45. The molecule has 1 unspecified atom stereocenters. The van der Waals surface area contributed by atoms with E-state index in [1.807, 2.05) is 25.3 Å². The second-order valence-corrected chi connectivity index (χ2v) is 4.13.